The number of carbonyl (C=O) groups excluding carboxylic acids is 3. The largest absolute Gasteiger partial charge is 0.444 e. The minimum atomic E-state index is -1.04. The van der Waals surface area contributed by atoms with Crippen molar-refractivity contribution in [2.45, 2.75) is 79.5 Å². The van der Waals surface area contributed by atoms with Crippen molar-refractivity contribution in [1.29, 1.82) is 0 Å². The van der Waals surface area contributed by atoms with E-state index in [-0.39, 0.29) is 19.1 Å². The van der Waals surface area contributed by atoms with E-state index >= 15 is 0 Å². The molecule has 3 N–H and O–H groups in total. The maximum atomic E-state index is 14.1. The van der Waals surface area contributed by atoms with Gasteiger partial charge in [0.1, 0.15) is 17.7 Å². The fourth-order valence-corrected chi connectivity index (χ4v) is 4.21. The van der Waals surface area contributed by atoms with Gasteiger partial charge in [0.2, 0.25) is 5.91 Å². The van der Waals surface area contributed by atoms with E-state index in [4.69, 9.17) is 4.74 Å². The number of aryl methyl sites for hydroxylation is 2. The molecular weight excluding hydrogens is 482 g/mol. The van der Waals surface area contributed by atoms with Crippen LogP contribution in [0.25, 0.3) is 0 Å². The number of rotatable bonds is 10. The highest BCUT2D eigenvalue weighted by atomic mass is 16.6. The van der Waals surface area contributed by atoms with Gasteiger partial charge in [-0.05, 0) is 75.8 Å². The summed E-state index contributed by atoms with van der Waals surface area (Å²) >= 11 is 0. The van der Waals surface area contributed by atoms with Gasteiger partial charge in [0.15, 0.2) is 0 Å². The number of benzene rings is 2. The standard InChI is InChI=1S/C30H43N3O5/c1-9-19(2)25(32-29(37)38-30(6,7)8)28(36)33(17-18-34)26(23-15-12-14-20(3)22(23)5)27(35)31-24-16-11-10-13-21(24)4/h10-16,19,25-26,34H,9,17-18H2,1-8H3,(H,31,35)(H,32,37). The van der Waals surface area contributed by atoms with Gasteiger partial charge in [-0.15, -0.1) is 0 Å². The lowest BCUT2D eigenvalue weighted by atomic mass is 9.93. The normalized spacial score (nSPS) is 13.7. The van der Waals surface area contributed by atoms with Crippen molar-refractivity contribution >= 4 is 23.6 Å². The Morgan fingerprint density at radius 2 is 1.63 bits per heavy atom. The first kappa shape index (κ1) is 30.8. The van der Waals surface area contributed by atoms with E-state index in [0.717, 1.165) is 16.7 Å². The molecule has 0 radical (unpaired) electrons. The summed E-state index contributed by atoms with van der Waals surface area (Å²) in [7, 11) is 0. The molecule has 38 heavy (non-hydrogen) atoms. The van der Waals surface area contributed by atoms with Gasteiger partial charge >= 0.3 is 6.09 Å². The van der Waals surface area contributed by atoms with Crippen molar-refractivity contribution in [3.05, 3.63) is 64.7 Å². The van der Waals surface area contributed by atoms with Crippen LogP contribution in [0.5, 0.6) is 0 Å². The van der Waals surface area contributed by atoms with Gasteiger partial charge in [-0.25, -0.2) is 4.79 Å². The summed E-state index contributed by atoms with van der Waals surface area (Å²) < 4.78 is 5.42. The van der Waals surface area contributed by atoms with Crippen molar-refractivity contribution in [3.63, 3.8) is 0 Å². The summed E-state index contributed by atoms with van der Waals surface area (Å²) in [6.45, 7) is 14.3. The lowest BCUT2D eigenvalue weighted by Gasteiger charge is -2.36. The van der Waals surface area contributed by atoms with Crippen LogP contribution in [0.4, 0.5) is 10.5 Å². The first-order valence-corrected chi connectivity index (χ1v) is 13.1. The van der Waals surface area contributed by atoms with Crippen LogP contribution in [0, 0.1) is 26.7 Å². The van der Waals surface area contributed by atoms with E-state index in [0.29, 0.717) is 17.7 Å². The topological polar surface area (TPSA) is 108 Å². The number of carbonyl (C=O) groups is 3. The number of aliphatic hydroxyl groups excluding tert-OH is 1. The van der Waals surface area contributed by atoms with Crippen LogP contribution in [0.1, 0.15) is 69.3 Å². The summed E-state index contributed by atoms with van der Waals surface area (Å²) in [5, 5.41) is 15.7. The SMILES string of the molecule is CCC(C)C(NC(=O)OC(C)(C)C)C(=O)N(CCO)C(C(=O)Nc1ccccc1C)c1cccc(C)c1C. The second-order valence-corrected chi connectivity index (χ2v) is 10.8. The zero-order chi connectivity index (χ0) is 28.6. The molecule has 8 heteroatoms. The van der Waals surface area contributed by atoms with Crippen molar-refractivity contribution in [2.75, 3.05) is 18.5 Å². The van der Waals surface area contributed by atoms with Crippen LogP contribution in [0.2, 0.25) is 0 Å². The Hall–Kier alpha value is -3.39. The average Bonchev–Trinajstić information content (AvgIpc) is 2.84. The second kappa shape index (κ2) is 13.4. The van der Waals surface area contributed by atoms with Crippen LogP contribution < -0.4 is 10.6 Å². The minimum absolute atomic E-state index is 0.0962. The first-order valence-electron chi connectivity index (χ1n) is 13.1. The van der Waals surface area contributed by atoms with Crippen LogP contribution in [-0.4, -0.2) is 52.7 Å². The lowest BCUT2D eigenvalue weighted by Crippen LogP contribution is -2.55. The number of alkyl carbamates (subject to hydrolysis) is 1. The van der Waals surface area contributed by atoms with Crippen molar-refractivity contribution in [1.82, 2.24) is 10.2 Å². The smallest absolute Gasteiger partial charge is 0.408 e. The zero-order valence-electron chi connectivity index (χ0n) is 23.9. The molecule has 0 spiro atoms. The molecule has 8 nitrogen and oxygen atoms in total. The van der Waals surface area contributed by atoms with Crippen LogP contribution in [-0.2, 0) is 14.3 Å². The van der Waals surface area contributed by atoms with E-state index in [1.807, 2.05) is 71.0 Å². The molecule has 0 aliphatic carbocycles. The second-order valence-electron chi connectivity index (χ2n) is 10.8. The van der Waals surface area contributed by atoms with Gasteiger partial charge in [-0.3, -0.25) is 9.59 Å². The van der Waals surface area contributed by atoms with Gasteiger partial charge in [0.05, 0.1) is 6.61 Å². The highest BCUT2D eigenvalue weighted by Gasteiger charge is 2.38. The number of hydrogen-bond donors (Lipinski definition) is 3. The molecule has 0 saturated carbocycles. The Morgan fingerprint density at radius 1 is 1.00 bits per heavy atom. The van der Waals surface area contributed by atoms with Crippen LogP contribution >= 0.6 is 0 Å². The van der Waals surface area contributed by atoms with Gasteiger partial charge in [-0.2, -0.15) is 0 Å². The quantitative estimate of drug-likeness (QED) is 0.402. The molecule has 0 saturated heterocycles. The third-order valence-electron chi connectivity index (χ3n) is 6.68. The number of hydrogen-bond acceptors (Lipinski definition) is 5. The fourth-order valence-electron chi connectivity index (χ4n) is 4.21. The number of amides is 3. The highest BCUT2D eigenvalue weighted by Crippen LogP contribution is 2.30. The van der Waals surface area contributed by atoms with Crippen molar-refractivity contribution < 1.29 is 24.2 Å². The van der Waals surface area contributed by atoms with Crippen LogP contribution in [0.15, 0.2) is 42.5 Å². The molecule has 0 aromatic heterocycles. The number of para-hydroxylation sites is 1. The van der Waals surface area contributed by atoms with E-state index in [1.54, 1.807) is 26.8 Å². The molecule has 0 fully saturated rings. The molecule has 0 bridgehead atoms. The van der Waals surface area contributed by atoms with Gasteiger partial charge in [0, 0.05) is 12.2 Å². The number of ether oxygens (including phenoxy) is 1. The molecule has 0 heterocycles. The molecular formula is C30H43N3O5. The summed E-state index contributed by atoms with van der Waals surface area (Å²) in [4.78, 5) is 42.1. The molecule has 3 unspecified atom stereocenters. The Balaban J connectivity index is 2.59. The summed E-state index contributed by atoms with van der Waals surface area (Å²) in [5.74, 6) is -1.13. The number of aliphatic hydroxyl groups is 1. The lowest BCUT2D eigenvalue weighted by molar-refractivity contribution is -0.142. The number of nitrogens with zero attached hydrogens (tertiary/aromatic N) is 1. The third-order valence-corrected chi connectivity index (χ3v) is 6.68. The maximum absolute atomic E-state index is 14.1. The van der Waals surface area contributed by atoms with Gasteiger partial charge in [-0.1, -0.05) is 56.7 Å². The highest BCUT2D eigenvalue weighted by molar-refractivity contribution is 5.99. The minimum Gasteiger partial charge on any atom is -0.444 e. The molecule has 2 rings (SSSR count). The number of anilines is 1. The molecule has 0 aliphatic rings. The molecule has 3 atom stereocenters. The Bertz CT molecular complexity index is 1130. The number of nitrogens with one attached hydrogen (secondary N) is 2. The van der Waals surface area contributed by atoms with Crippen molar-refractivity contribution in [2.24, 2.45) is 5.92 Å². The molecule has 2 aromatic carbocycles. The predicted molar refractivity (Wildman–Crippen MR) is 150 cm³/mol. The molecule has 0 aliphatic heterocycles. The summed E-state index contributed by atoms with van der Waals surface area (Å²) in [6, 6.07) is 11.0. The van der Waals surface area contributed by atoms with Crippen molar-refractivity contribution in [3.8, 4) is 0 Å². The zero-order valence-corrected chi connectivity index (χ0v) is 23.9. The van der Waals surface area contributed by atoms with Gasteiger partial charge in [0.25, 0.3) is 5.91 Å². The van der Waals surface area contributed by atoms with E-state index in [1.165, 1.54) is 4.90 Å². The summed E-state index contributed by atoms with van der Waals surface area (Å²) in [6.07, 6.45) is -0.115. The molecule has 3 amide bonds. The Morgan fingerprint density at radius 3 is 2.21 bits per heavy atom. The summed E-state index contributed by atoms with van der Waals surface area (Å²) in [5.41, 5.74) is 3.26. The van der Waals surface area contributed by atoms with E-state index in [9.17, 15) is 19.5 Å². The third kappa shape index (κ3) is 8.05. The van der Waals surface area contributed by atoms with Crippen LogP contribution in [0.3, 0.4) is 0 Å². The maximum Gasteiger partial charge on any atom is 0.408 e. The van der Waals surface area contributed by atoms with Gasteiger partial charge < -0.3 is 25.4 Å². The first-order chi connectivity index (χ1) is 17.8. The van der Waals surface area contributed by atoms with E-state index < -0.39 is 35.6 Å². The average molecular weight is 526 g/mol. The molecule has 2 aromatic rings. The fraction of sp³-hybridized carbons (Fsp3) is 0.500. The predicted octanol–water partition coefficient (Wildman–Crippen LogP) is 5.05. The Kier molecular flexibility index (Phi) is 10.9. The molecule has 208 valence electrons. The Labute approximate surface area is 226 Å². The van der Waals surface area contributed by atoms with E-state index in [2.05, 4.69) is 10.6 Å². The monoisotopic (exact) mass is 525 g/mol.